The van der Waals surface area contributed by atoms with Gasteiger partial charge >= 0.3 is 0 Å². The lowest BCUT2D eigenvalue weighted by molar-refractivity contribution is 0.286. The molecule has 0 aromatic carbocycles. The van der Waals surface area contributed by atoms with Crippen LogP contribution in [0.2, 0.25) is 0 Å². The standard InChI is InChI=1S/C15H19BrN2OS/c1-18(8-11-6-15(16)20-10-11)9-14-12(4-5-19-14)7-17-13-2-3-13/h4-6,10,13,17H,2-3,7-9H2,1H3. The Morgan fingerprint density at radius 3 is 3.00 bits per heavy atom. The molecule has 0 amide bonds. The highest BCUT2D eigenvalue weighted by Gasteiger charge is 2.21. The van der Waals surface area contributed by atoms with Gasteiger partial charge in [-0.1, -0.05) is 0 Å². The molecular weight excluding hydrogens is 336 g/mol. The third-order valence-corrected chi connectivity index (χ3v) is 5.04. The smallest absolute Gasteiger partial charge is 0.122 e. The molecule has 2 aromatic heterocycles. The highest BCUT2D eigenvalue weighted by atomic mass is 79.9. The summed E-state index contributed by atoms with van der Waals surface area (Å²) in [6, 6.07) is 5.00. The molecule has 0 radical (unpaired) electrons. The van der Waals surface area contributed by atoms with Crippen molar-refractivity contribution in [3.63, 3.8) is 0 Å². The van der Waals surface area contributed by atoms with Gasteiger partial charge in [0, 0.05) is 24.7 Å². The van der Waals surface area contributed by atoms with E-state index in [1.807, 2.05) is 0 Å². The third-order valence-electron chi connectivity index (χ3n) is 3.48. The van der Waals surface area contributed by atoms with E-state index in [2.05, 4.69) is 50.7 Å². The molecule has 0 aliphatic heterocycles. The predicted molar refractivity (Wildman–Crippen MR) is 85.8 cm³/mol. The number of thiophene rings is 1. The number of halogens is 1. The fraction of sp³-hybridized carbons (Fsp3) is 0.467. The molecule has 0 atom stereocenters. The van der Waals surface area contributed by atoms with Gasteiger partial charge in [-0.3, -0.25) is 4.90 Å². The fourth-order valence-electron chi connectivity index (χ4n) is 2.25. The molecular formula is C15H19BrN2OS. The summed E-state index contributed by atoms with van der Waals surface area (Å²) in [7, 11) is 2.13. The molecule has 0 spiro atoms. The summed E-state index contributed by atoms with van der Waals surface area (Å²) >= 11 is 5.24. The summed E-state index contributed by atoms with van der Waals surface area (Å²) in [4.78, 5) is 2.29. The maximum Gasteiger partial charge on any atom is 0.122 e. The van der Waals surface area contributed by atoms with Gasteiger partial charge in [0.05, 0.1) is 16.6 Å². The Kier molecular flexibility index (Phi) is 4.61. The van der Waals surface area contributed by atoms with Crippen LogP contribution in [0.1, 0.15) is 29.7 Å². The van der Waals surface area contributed by atoms with E-state index in [9.17, 15) is 0 Å². The average molecular weight is 355 g/mol. The second-order valence-corrected chi connectivity index (χ2v) is 7.75. The quantitative estimate of drug-likeness (QED) is 0.814. The topological polar surface area (TPSA) is 28.4 Å². The van der Waals surface area contributed by atoms with E-state index in [4.69, 9.17) is 4.42 Å². The molecule has 108 valence electrons. The Morgan fingerprint density at radius 1 is 1.45 bits per heavy atom. The molecule has 1 fully saturated rings. The Labute approximate surface area is 132 Å². The second kappa shape index (κ2) is 6.43. The van der Waals surface area contributed by atoms with Crippen LogP contribution in [0.25, 0.3) is 0 Å². The van der Waals surface area contributed by atoms with Gasteiger partial charge in [-0.2, -0.15) is 0 Å². The molecule has 0 unspecified atom stereocenters. The number of hydrogen-bond donors (Lipinski definition) is 1. The average Bonchev–Trinajstić information content (AvgIpc) is 3.01. The third kappa shape index (κ3) is 3.95. The van der Waals surface area contributed by atoms with E-state index >= 15 is 0 Å². The molecule has 2 heterocycles. The molecule has 0 saturated heterocycles. The van der Waals surface area contributed by atoms with E-state index in [0.717, 1.165) is 31.4 Å². The lowest BCUT2D eigenvalue weighted by Gasteiger charge is -2.15. The van der Waals surface area contributed by atoms with Crippen molar-refractivity contribution >= 4 is 27.3 Å². The second-order valence-electron chi connectivity index (χ2n) is 5.46. The Morgan fingerprint density at radius 2 is 2.30 bits per heavy atom. The van der Waals surface area contributed by atoms with Crippen LogP contribution in [0, 0.1) is 0 Å². The van der Waals surface area contributed by atoms with Crippen LogP contribution in [0.3, 0.4) is 0 Å². The summed E-state index contributed by atoms with van der Waals surface area (Å²) in [5, 5.41) is 5.74. The van der Waals surface area contributed by atoms with Crippen LogP contribution in [0.4, 0.5) is 0 Å². The van der Waals surface area contributed by atoms with Gasteiger partial charge in [0.1, 0.15) is 5.76 Å². The Hall–Kier alpha value is -0.620. The van der Waals surface area contributed by atoms with Crippen molar-refractivity contribution < 1.29 is 4.42 Å². The van der Waals surface area contributed by atoms with Gasteiger partial charge in [-0.05, 0) is 58.9 Å². The minimum Gasteiger partial charge on any atom is -0.468 e. The van der Waals surface area contributed by atoms with Gasteiger partial charge in [0.15, 0.2) is 0 Å². The highest BCUT2D eigenvalue weighted by molar-refractivity contribution is 9.11. The first-order valence-electron chi connectivity index (χ1n) is 6.91. The number of rotatable bonds is 7. The van der Waals surface area contributed by atoms with Crippen LogP contribution < -0.4 is 5.32 Å². The summed E-state index contributed by atoms with van der Waals surface area (Å²) in [5.41, 5.74) is 2.63. The molecule has 1 aliphatic carbocycles. The molecule has 1 aliphatic rings. The first-order chi connectivity index (χ1) is 9.70. The van der Waals surface area contributed by atoms with Crippen LogP contribution >= 0.6 is 27.3 Å². The highest BCUT2D eigenvalue weighted by Crippen LogP contribution is 2.23. The monoisotopic (exact) mass is 354 g/mol. The minimum absolute atomic E-state index is 0.735. The van der Waals surface area contributed by atoms with E-state index in [1.54, 1.807) is 17.6 Å². The lowest BCUT2D eigenvalue weighted by atomic mass is 10.2. The molecule has 3 nitrogen and oxygen atoms in total. The molecule has 5 heteroatoms. The van der Waals surface area contributed by atoms with Crippen molar-refractivity contribution in [2.75, 3.05) is 7.05 Å². The molecule has 1 N–H and O–H groups in total. The van der Waals surface area contributed by atoms with Crippen molar-refractivity contribution in [1.29, 1.82) is 0 Å². The van der Waals surface area contributed by atoms with Crippen molar-refractivity contribution in [3.8, 4) is 0 Å². The van der Waals surface area contributed by atoms with Gasteiger partial charge < -0.3 is 9.73 Å². The first-order valence-corrected chi connectivity index (χ1v) is 8.58. The largest absolute Gasteiger partial charge is 0.468 e. The molecule has 0 bridgehead atoms. The summed E-state index contributed by atoms with van der Waals surface area (Å²) in [6.07, 6.45) is 4.44. The number of furan rings is 1. The first kappa shape index (κ1) is 14.3. The van der Waals surface area contributed by atoms with Gasteiger partial charge in [0.2, 0.25) is 0 Å². The Bertz CT molecular complexity index is 562. The molecule has 20 heavy (non-hydrogen) atoms. The zero-order valence-corrected chi connectivity index (χ0v) is 14.0. The Balaban J connectivity index is 1.54. The van der Waals surface area contributed by atoms with Crippen molar-refractivity contribution in [2.24, 2.45) is 0 Å². The van der Waals surface area contributed by atoms with E-state index in [0.29, 0.717) is 0 Å². The van der Waals surface area contributed by atoms with Crippen molar-refractivity contribution in [3.05, 3.63) is 44.4 Å². The van der Waals surface area contributed by atoms with E-state index in [1.165, 1.54) is 27.8 Å². The molecule has 1 saturated carbocycles. The summed E-state index contributed by atoms with van der Waals surface area (Å²) in [6.45, 7) is 2.72. The molecule has 3 rings (SSSR count). The van der Waals surface area contributed by atoms with Crippen molar-refractivity contribution in [2.45, 2.75) is 38.5 Å². The minimum atomic E-state index is 0.735. The normalized spacial score (nSPS) is 15.2. The van der Waals surface area contributed by atoms with E-state index in [-0.39, 0.29) is 0 Å². The van der Waals surface area contributed by atoms with Crippen LogP contribution in [-0.2, 0) is 19.6 Å². The number of nitrogens with one attached hydrogen (secondary N) is 1. The molecule has 2 aromatic rings. The summed E-state index contributed by atoms with van der Waals surface area (Å²) in [5.74, 6) is 1.08. The van der Waals surface area contributed by atoms with Crippen LogP contribution in [-0.4, -0.2) is 18.0 Å². The van der Waals surface area contributed by atoms with Gasteiger partial charge in [-0.25, -0.2) is 0 Å². The van der Waals surface area contributed by atoms with E-state index < -0.39 is 0 Å². The predicted octanol–water partition coefficient (Wildman–Crippen LogP) is 3.99. The van der Waals surface area contributed by atoms with Crippen molar-refractivity contribution in [1.82, 2.24) is 10.2 Å². The lowest BCUT2D eigenvalue weighted by Crippen LogP contribution is -2.20. The van der Waals surface area contributed by atoms with Gasteiger partial charge in [-0.15, -0.1) is 11.3 Å². The maximum absolute atomic E-state index is 5.64. The number of hydrogen-bond acceptors (Lipinski definition) is 4. The fourth-order valence-corrected chi connectivity index (χ4v) is 3.45. The zero-order valence-electron chi connectivity index (χ0n) is 11.6. The van der Waals surface area contributed by atoms with Gasteiger partial charge in [0.25, 0.3) is 0 Å². The van der Waals surface area contributed by atoms with Crippen LogP contribution in [0.15, 0.2) is 32.0 Å². The van der Waals surface area contributed by atoms with Crippen LogP contribution in [0.5, 0.6) is 0 Å². The zero-order chi connectivity index (χ0) is 13.9. The summed E-state index contributed by atoms with van der Waals surface area (Å²) < 4.78 is 6.83. The SMILES string of the molecule is CN(Cc1csc(Br)c1)Cc1occc1CNC1CC1. The maximum atomic E-state index is 5.64. The number of nitrogens with zero attached hydrogens (tertiary/aromatic N) is 1.